The fraction of sp³-hybridized carbons (Fsp3) is 0.316. The van der Waals surface area contributed by atoms with E-state index in [2.05, 4.69) is 74.1 Å². The van der Waals surface area contributed by atoms with E-state index >= 15 is 0 Å². The molecule has 3 aromatic rings. The quantitative estimate of drug-likeness (QED) is 0.735. The Balaban J connectivity index is 1.61. The molecule has 0 saturated carbocycles. The summed E-state index contributed by atoms with van der Waals surface area (Å²) in [6.07, 6.45) is 1.72. The fourth-order valence-electron chi connectivity index (χ4n) is 2.93. The predicted molar refractivity (Wildman–Crippen MR) is 97.2 cm³/mol. The highest BCUT2D eigenvalue weighted by Crippen LogP contribution is 2.36. The first kappa shape index (κ1) is 15.4. The summed E-state index contributed by atoms with van der Waals surface area (Å²) < 4.78 is 12.2. The molecular formula is C19H21BN2O2. The average molecular weight is 320 g/mol. The molecule has 1 aliphatic heterocycles. The van der Waals surface area contributed by atoms with Crippen molar-refractivity contribution in [3.8, 4) is 11.1 Å². The van der Waals surface area contributed by atoms with Crippen LogP contribution in [-0.2, 0) is 9.31 Å². The maximum Gasteiger partial charge on any atom is 0.494 e. The first-order chi connectivity index (χ1) is 11.4. The summed E-state index contributed by atoms with van der Waals surface area (Å²) in [4.78, 5) is 7.41. The molecule has 1 saturated heterocycles. The molecule has 4 rings (SSSR count). The van der Waals surface area contributed by atoms with Crippen molar-refractivity contribution in [2.24, 2.45) is 0 Å². The van der Waals surface area contributed by atoms with Crippen LogP contribution in [0.2, 0.25) is 0 Å². The summed E-state index contributed by atoms with van der Waals surface area (Å²) in [6, 6.07) is 14.6. The van der Waals surface area contributed by atoms with Crippen LogP contribution >= 0.6 is 0 Å². The zero-order valence-corrected chi connectivity index (χ0v) is 14.5. The molecule has 0 atom stereocenters. The number of hydrogen-bond donors (Lipinski definition) is 1. The van der Waals surface area contributed by atoms with Gasteiger partial charge in [0.2, 0.25) is 0 Å². The summed E-state index contributed by atoms with van der Waals surface area (Å²) in [7, 11) is -0.320. The van der Waals surface area contributed by atoms with Crippen LogP contribution in [-0.4, -0.2) is 28.3 Å². The molecule has 0 unspecified atom stereocenters. The second kappa shape index (κ2) is 5.20. The van der Waals surface area contributed by atoms with Crippen molar-refractivity contribution < 1.29 is 9.31 Å². The minimum Gasteiger partial charge on any atom is -0.399 e. The first-order valence-electron chi connectivity index (χ1n) is 8.25. The molecule has 4 nitrogen and oxygen atoms in total. The molecule has 24 heavy (non-hydrogen) atoms. The standard InChI is InChI=1S/C19H21BN2O2/c1-18(2)19(3,4)24-20(23-18)15-8-5-13(6-9-15)14-7-10-16-17(11-14)22-12-21-16/h5-12H,1-4H3,(H,21,22). The molecule has 0 aliphatic carbocycles. The molecule has 2 aromatic carbocycles. The number of H-pyrrole nitrogens is 1. The van der Waals surface area contributed by atoms with Crippen LogP contribution in [0.1, 0.15) is 27.7 Å². The van der Waals surface area contributed by atoms with Gasteiger partial charge in [0.05, 0.1) is 28.6 Å². The van der Waals surface area contributed by atoms with Crippen LogP contribution in [0.3, 0.4) is 0 Å². The van der Waals surface area contributed by atoms with Crippen molar-refractivity contribution in [1.29, 1.82) is 0 Å². The topological polar surface area (TPSA) is 47.1 Å². The lowest BCUT2D eigenvalue weighted by atomic mass is 9.78. The van der Waals surface area contributed by atoms with Crippen LogP contribution < -0.4 is 5.46 Å². The number of aromatic nitrogens is 2. The van der Waals surface area contributed by atoms with Crippen LogP contribution in [0.25, 0.3) is 22.2 Å². The smallest absolute Gasteiger partial charge is 0.399 e. The van der Waals surface area contributed by atoms with E-state index in [4.69, 9.17) is 9.31 Å². The van der Waals surface area contributed by atoms with Gasteiger partial charge in [0.15, 0.2) is 0 Å². The van der Waals surface area contributed by atoms with Crippen LogP contribution in [0.5, 0.6) is 0 Å². The monoisotopic (exact) mass is 320 g/mol. The Morgan fingerprint density at radius 2 is 1.50 bits per heavy atom. The van der Waals surface area contributed by atoms with Crippen LogP contribution in [0.15, 0.2) is 48.8 Å². The van der Waals surface area contributed by atoms with E-state index in [0.717, 1.165) is 27.6 Å². The molecule has 2 heterocycles. The molecule has 122 valence electrons. The lowest BCUT2D eigenvalue weighted by Gasteiger charge is -2.32. The Morgan fingerprint density at radius 3 is 2.17 bits per heavy atom. The predicted octanol–water partition coefficient (Wildman–Crippen LogP) is 3.53. The highest BCUT2D eigenvalue weighted by atomic mass is 16.7. The SMILES string of the molecule is CC1(C)OB(c2ccc(-c3ccc4nc[nH]c4c3)cc2)OC1(C)C. The number of aromatic amines is 1. The van der Waals surface area contributed by atoms with Gasteiger partial charge in [-0.25, -0.2) is 4.98 Å². The van der Waals surface area contributed by atoms with Crippen molar-refractivity contribution in [3.05, 3.63) is 48.8 Å². The highest BCUT2D eigenvalue weighted by molar-refractivity contribution is 6.62. The molecule has 1 aromatic heterocycles. The average Bonchev–Trinajstić information content (AvgIpc) is 3.09. The van der Waals surface area contributed by atoms with Crippen molar-refractivity contribution in [3.63, 3.8) is 0 Å². The lowest BCUT2D eigenvalue weighted by Crippen LogP contribution is -2.41. The maximum absolute atomic E-state index is 6.11. The fourth-order valence-corrected chi connectivity index (χ4v) is 2.93. The van der Waals surface area contributed by atoms with Gasteiger partial charge < -0.3 is 14.3 Å². The zero-order chi connectivity index (χ0) is 16.9. The van der Waals surface area contributed by atoms with Gasteiger partial charge in [-0.15, -0.1) is 0 Å². The molecule has 1 N–H and O–H groups in total. The molecule has 0 amide bonds. The third-order valence-electron chi connectivity index (χ3n) is 5.19. The van der Waals surface area contributed by atoms with Gasteiger partial charge in [-0.3, -0.25) is 0 Å². The van der Waals surface area contributed by atoms with E-state index in [9.17, 15) is 0 Å². The Kier molecular flexibility index (Phi) is 3.34. The van der Waals surface area contributed by atoms with Gasteiger partial charge in [-0.1, -0.05) is 30.3 Å². The zero-order valence-electron chi connectivity index (χ0n) is 14.5. The third kappa shape index (κ3) is 2.45. The van der Waals surface area contributed by atoms with Crippen LogP contribution in [0.4, 0.5) is 0 Å². The number of benzene rings is 2. The molecule has 1 fully saturated rings. The van der Waals surface area contributed by atoms with Crippen molar-refractivity contribution >= 4 is 23.6 Å². The van der Waals surface area contributed by atoms with Gasteiger partial charge in [0, 0.05) is 0 Å². The molecule has 5 heteroatoms. The van der Waals surface area contributed by atoms with Gasteiger partial charge in [0.1, 0.15) is 0 Å². The normalized spacial score (nSPS) is 19.1. The van der Waals surface area contributed by atoms with Gasteiger partial charge in [0.25, 0.3) is 0 Å². The summed E-state index contributed by atoms with van der Waals surface area (Å²) in [5.74, 6) is 0. The van der Waals surface area contributed by atoms with Crippen molar-refractivity contribution in [1.82, 2.24) is 9.97 Å². The number of fused-ring (bicyclic) bond motifs is 1. The molecule has 0 bridgehead atoms. The number of nitrogens with zero attached hydrogens (tertiary/aromatic N) is 1. The van der Waals surface area contributed by atoms with Crippen LogP contribution in [0, 0.1) is 0 Å². The molecular weight excluding hydrogens is 299 g/mol. The number of nitrogens with one attached hydrogen (secondary N) is 1. The summed E-state index contributed by atoms with van der Waals surface area (Å²) in [6.45, 7) is 8.28. The third-order valence-corrected chi connectivity index (χ3v) is 5.19. The van der Waals surface area contributed by atoms with E-state index in [1.807, 2.05) is 6.07 Å². The van der Waals surface area contributed by atoms with E-state index in [1.54, 1.807) is 6.33 Å². The van der Waals surface area contributed by atoms with E-state index < -0.39 is 0 Å². The Bertz CT molecular complexity index is 868. The number of imidazole rings is 1. The van der Waals surface area contributed by atoms with Gasteiger partial charge in [-0.05, 0) is 56.4 Å². The largest absolute Gasteiger partial charge is 0.494 e. The second-order valence-electron chi connectivity index (χ2n) is 7.34. The molecule has 1 aliphatic rings. The van der Waals surface area contributed by atoms with Gasteiger partial charge >= 0.3 is 7.12 Å². The number of rotatable bonds is 2. The second-order valence-corrected chi connectivity index (χ2v) is 7.34. The summed E-state index contributed by atoms with van der Waals surface area (Å²) in [5, 5.41) is 0. The highest BCUT2D eigenvalue weighted by Gasteiger charge is 2.51. The molecule has 0 radical (unpaired) electrons. The van der Waals surface area contributed by atoms with E-state index in [1.165, 1.54) is 0 Å². The maximum atomic E-state index is 6.11. The molecule has 0 spiro atoms. The van der Waals surface area contributed by atoms with E-state index in [0.29, 0.717) is 0 Å². The minimum atomic E-state index is -0.320. The Hall–Kier alpha value is -2.11. The Labute approximate surface area is 142 Å². The minimum absolute atomic E-state index is 0.317. The van der Waals surface area contributed by atoms with Crippen molar-refractivity contribution in [2.45, 2.75) is 38.9 Å². The Morgan fingerprint density at radius 1 is 0.875 bits per heavy atom. The van der Waals surface area contributed by atoms with Gasteiger partial charge in [-0.2, -0.15) is 0 Å². The summed E-state index contributed by atoms with van der Waals surface area (Å²) in [5.41, 5.74) is 4.75. The number of hydrogen-bond acceptors (Lipinski definition) is 3. The lowest BCUT2D eigenvalue weighted by molar-refractivity contribution is 0.00578. The first-order valence-corrected chi connectivity index (χ1v) is 8.25. The summed E-state index contributed by atoms with van der Waals surface area (Å²) >= 11 is 0. The van der Waals surface area contributed by atoms with Crippen molar-refractivity contribution in [2.75, 3.05) is 0 Å². The van der Waals surface area contributed by atoms with E-state index in [-0.39, 0.29) is 18.3 Å².